The third-order valence-electron chi connectivity index (χ3n) is 12.3. The summed E-state index contributed by atoms with van der Waals surface area (Å²) < 4.78 is 15.4. The normalized spacial score (nSPS) is 12.0. The van der Waals surface area contributed by atoms with Crippen LogP contribution in [0.3, 0.4) is 0 Å². The monoisotopic (exact) mass is 766 g/mol. The Bertz CT molecular complexity index is 3720. The average molecular weight is 767 g/mol. The van der Waals surface area contributed by atoms with E-state index in [0.717, 1.165) is 66.5 Å². The number of benzene rings is 9. The largest absolute Gasteiger partial charge is 0.456 e. The molecule has 0 aliphatic rings. The van der Waals surface area contributed by atoms with Gasteiger partial charge in [-0.25, -0.2) is 0 Å². The summed E-state index contributed by atoms with van der Waals surface area (Å²) in [6, 6.07) is 73.8. The SMILES string of the molecule is c1ccc(-c2c3cccc(-c4ccc(N(c5ccc6c(c5)oc5ccccc56)c5ccc6c(c5)oc5ccccc56)cc4)c3n3c4ccccc4c4ccccc4c23)cc1. The number of pyridine rings is 1. The molecule has 13 rings (SSSR count). The smallest absolute Gasteiger partial charge is 0.137 e. The van der Waals surface area contributed by atoms with Crippen molar-refractivity contribution in [3.8, 4) is 22.3 Å². The van der Waals surface area contributed by atoms with Gasteiger partial charge in [0.2, 0.25) is 0 Å². The Morgan fingerprint density at radius 1 is 0.317 bits per heavy atom. The van der Waals surface area contributed by atoms with Crippen LogP contribution in [0.4, 0.5) is 17.1 Å². The molecule has 0 unspecified atom stereocenters. The van der Waals surface area contributed by atoms with Gasteiger partial charge >= 0.3 is 0 Å². The van der Waals surface area contributed by atoms with Crippen LogP contribution in [0.1, 0.15) is 0 Å². The number of furan rings is 2. The van der Waals surface area contributed by atoms with Crippen LogP contribution in [0, 0.1) is 0 Å². The molecule has 4 heterocycles. The minimum absolute atomic E-state index is 0.848. The number of rotatable bonds is 5. The van der Waals surface area contributed by atoms with Crippen molar-refractivity contribution in [2.45, 2.75) is 0 Å². The molecule has 0 radical (unpaired) electrons. The molecule has 4 heteroatoms. The molecule has 4 aromatic heterocycles. The summed E-state index contributed by atoms with van der Waals surface area (Å²) in [5.41, 5.74) is 14.9. The van der Waals surface area contributed by atoms with Crippen molar-refractivity contribution < 1.29 is 8.83 Å². The van der Waals surface area contributed by atoms with Gasteiger partial charge in [0, 0.05) is 78.0 Å². The molecular weight excluding hydrogens is 733 g/mol. The quantitative estimate of drug-likeness (QED) is 0.164. The van der Waals surface area contributed by atoms with Crippen molar-refractivity contribution in [2.24, 2.45) is 0 Å². The lowest BCUT2D eigenvalue weighted by molar-refractivity contribution is 0.669. The molecule has 0 atom stereocenters. The third-order valence-corrected chi connectivity index (χ3v) is 12.3. The van der Waals surface area contributed by atoms with Crippen molar-refractivity contribution in [3.63, 3.8) is 0 Å². The lowest BCUT2D eigenvalue weighted by Gasteiger charge is -2.25. The average Bonchev–Trinajstić information content (AvgIpc) is 3.99. The summed E-state index contributed by atoms with van der Waals surface area (Å²) >= 11 is 0. The fourth-order valence-electron chi connectivity index (χ4n) is 9.73. The number of hydrogen-bond donors (Lipinski definition) is 0. The Hall–Kier alpha value is -8.08. The van der Waals surface area contributed by atoms with E-state index >= 15 is 0 Å². The molecule has 9 aromatic carbocycles. The van der Waals surface area contributed by atoms with E-state index in [1.165, 1.54) is 54.8 Å². The molecule has 13 aromatic rings. The van der Waals surface area contributed by atoms with E-state index in [9.17, 15) is 0 Å². The van der Waals surface area contributed by atoms with E-state index in [-0.39, 0.29) is 0 Å². The van der Waals surface area contributed by atoms with Gasteiger partial charge in [0.1, 0.15) is 22.3 Å². The van der Waals surface area contributed by atoms with Crippen LogP contribution in [0.2, 0.25) is 0 Å². The van der Waals surface area contributed by atoms with Crippen LogP contribution in [0.5, 0.6) is 0 Å². The molecular formula is C56H34N2O2. The van der Waals surface area contributed by atoms with Crippen LogP contribution in [0.25, 0.3) is 104 Å². The zero-order valence-corrected chi connectivity index (χ0v) is 32.3. The predicted octanol–water partition coefficient (Wildman–Crippen LogP) is 16.0. The van der Waals surface area contributed by atoms with Crippen molar-refractivity contribution in [1.29, 1.82) is 0 Å². The summed E-state index contributed by atoms with van der Waals surface area (Å²) in [5.74, 6) is 0. The first kappa shape index (κ1) is 32.9. The highest BCUT2D eigenvalue weighted by molar-refractivity contribution is 6.23. The number of fused-ring (bicyclic) bond motifs is 14. The molecule has 4 nitrogen and oxygen atoms in total. The van der Waals surface area contributed by atoms with Gasteiger partial charge in [0.15, 0.2) is 0 Å². The zero-order chi connectivity index (χ0) is 39.3. The van der Waals surface area contributed by atoms with E-state index < -0.39 is 0 Å². The Labute approximate surface area is 344 Å². The maximum absolute atomic E-state index is 6.42. The van der Waals surface area contributed by atoms with Gasteiger partial charge < -0.3 is 18.1 Å². The fraction of sp³-hybridized carbons (Fsp3) is 0. The molecule has 0 saturated carbocycles. The van der Waals surface area contributed by atoms with E-state index in [1.807, 2.05) is 24.3 Å². The Balaban J connectivity index is 1.03. The summed E-state index contributed by atoms with van der Waals surface area (Å²) in [4.78, 5) is 2.30. The van der Waals surface area contributed by atoms with E-state index in [4.69, 9.17) is 8.83 Å². The highest BCUT2D eigenvalue weighted by Gasteiger charge is 2.23. The number of aromatic nitrogens is 1. The first-order valence-electron chi connectivity index (χ1n) is 20.4. The van der Waals surface area contributed by atoms with Crippen LogP contribution in [-0.4, -0.2) is 4.40 Å². The second kappa shape index (κ2) is 12.7. The van der Waals surface area contributed by atoms with Gasteiger partial charge in [-0.05, 0) is 71.1 Å². The summed E-state index contributed by atoms with van der Waals surface area (Å²) in [6.07, 6.45) is 0. The molecule has 0 fully saturated rings. The fourth-order valence-corrected chi connectivity index (χ4v) is 9.73. The van der Waals surface area contributed by atoms with Crippen LogP contribution in [-0.2, 0) is 0 Å². The Kier molecular flexibility index (Phi) is 6.98. The van der Waals surface area contributed by atoms with Gasteiger partial charge in [-0.2, -0.15) is 0 Å². The minimum atomic E-state index is 0.848. The first-order valence-corrected chi connectivity index (χ1v) is 20.4. The standard InChI is InChI=1S/C56H34N2O2/c1-2-13-36(14-3-1)54-48-21-12-20-40(55(48)58-49-22-9-6-16-42(49)41-15-4-5-19-47(41)56(54)58)35-25-27-37(28-26-35)57(38-29-31-45-43-17-7-10-23-50(43)59-52(45)33-38)39-30-32-46-44-18-8-11-24-51(44)60-53(46)34-39/h1-34H. The third kappa shape index (κ3) is 4.79. The topological polar surface area (TPSA) is 33.9 Å². The van der Waals surface area contributed by atoms with Gasteiger partial charge in [0.05, 0.1) is 16.6 Å². The highest BCUT2D eigenvalue weighted by atomic mass is 16.3. The van der Waals surface area contributed by atoms with Gasteiger partial charge in [-0.3, -0.25) is 0 Å². The molecule has 60 heavy (non-hydrogen) atoms. The number of nitrogens with zero attached hydrogens (tertiary/aromatic N) is 2. The van der Waals surface area contributed by atoms with Gasteiger partial charge in [0.25, 0.3) is 0 Å². The maximum Gasteiger partial charge on any atom is 0.137 e. The second-order valence-electron chi connectivity index (χ2n) is 15.6. The minimum Gasteiger partial charge on any atom is -0.456 e. The van der Waals surface area contributed by atoms with Crippen molar-refractivity contribution in [2.75, 3.05) is 4.90 Å². The second-order valence-corrected chi connectivity index (χ2v) is 15.6. The predicted molar refractivity (Wildman–Crippen MR) is 250 cm³/mol. The van der Waals surface area contributed by atoms with Crippen molar-refractivity contribution in [3.05, 3.63) is 206 Å². The number of para-hydroxylation sites is 4. The van der Waals surface area contributed by atoms with Crippen LogP contribution < -0.4 is 4.90 Å². The molecule has 280 valence electrons. The van der Waals surface area contributed by atoms with E-state index in [1.54, 1.807) is 0 Å². The van der Waals surface area contributed by atoms with Gasteiger partial charge in [-0.15, -0.1) is 0 Å². The highest BCUT2D eigenvalue weighted by Crippen LogP contribution is 2.46. The molecule has 0 amide bonds. The molecule has 0 aliphatic carbocycles. The molecule has 0 spiro atoms. The molecule has 0 aliphatic heterocycles. The van der Waals surface area contributed by atoms with Crippen LogP contribution >= 0.6 is 0 Å². The van der Waals surface area contributed by atoms with E-state index in [0.29, 0.717) is 0 Å². The summed E-state index contributed by atoms with van der Waals surface area (Å²) in [6.45, 7) is 0. The molecule has 0 saturated heterocycles. The van der Waals surface area contributed by atoms with E-state index in [2.05, 4.69) is 191 Å². The maximum atomic E-state index is 6.42. The lowest BCUT2D eigenvalue weighted by atomic mass is 9.97. The first-order chi connectivity index (χ1) is 29.8. The summed E-state index contributed by atoms with van der Waals surface area (Å²) in [5, 5.41) is 9.38. The molecule has 0 N–H and O–H groups in total. The number of anilines is 3. The van der Waals surface area contributed by atoms with Crippen molar-refractivity contribution in [1.82, 2.24) is 4.40 Å². The Morgan fingerprint density at radius 3 is 1.50 bits per heavy atom. The number of hydrogen-bond acceptors (Lipinski definition) is 3. The van der Waals surface area contributed by atoms with Crippen LogP contribution in [0.15, 0.2) is 215 Å². The molecule has 0 bridgehead atoms. The van der Waals surface area contributed by atoms with Crippen molar-refractivity contribution >= 4 is 99.0 Å². The lowest BCUT2D eigenvalue weighted by Crippen LogP contribution is -2.09. The van der Waals surface area contributed by atoms with Gasteiger partial charge in [-0.1, -0.05) is 140 Å². The summed E-state index contributed by atoms with van der Waals surface area (Å²) in [7, 11) is 0. The zero-order valence-electron chi connectivity index (χ0n) is 32.3. The Morgan fingerprint density at radius 2 is 0.833 bits per heavy atom.